The molecule has 2 aromatic rings. The number of rotatable bonds is 4. The molecule has 2 heterocycles. The Morgan fingerprint density at radius 1 is 1.32 bits per heavy atom. The van der Waals surface area contributed by atoms with E-state index in [0.29, 0.717) is 5.69 Å². The summed E-state index contributed by atoms with van der Waals surface area (Å²) in [4.78, 5) is 31.5. The van der Waals surface area contributed by atoms with E-state index in [9.17, 15) is 19.1 Å². The Morgan fingerprint density at radius 2 is 1.97 bits per heavy atom. The third kappa shape index (κ3) is 5.13. The predicted molar refractivity (Wildman–Crippen MR) is 116 cm³/mol. The van der Waals surface area contributed by atoms with Crippen LogP contribution in [0.25, 0.3) is 10.4 Å². The number of alkyl halides is 1. The fourth-order valence-electron chi connectivity index (χ4n) is 3.30. The first-order chi connectivity index (χ1) is 14.5. The molecule has 31 heavy (non-hydrogen) atoms. The first kappa shape index (κ1) is 23.0. The zero-order chi connectivity index (χ0) is 22.9. The van der Waals surface area contributed by atoms with Gasteiger partial charge in [0, 0.05) is 7.05 Å². The Morgan fingerprint density at radius 3 is 2.52 bits per heavy atom. The monoisotopic (exact) mass is 450 g/mol. The van der Waals surface area contributed by atoms with Gasteiger partial charge in [0.1, 0.15) is 17.7 Å². The number of benzene rings is 1. The largest absolute Gasteiger partial charge is 0.444 e. The van der Waals surface area contributed by atoms with Crippen molar-refractivity contribution >= 4 is 29.0 Å². The van der Waals surface area contributed by atoms with Gasteiger partial charge in [-0.1, -0.05) is 12.1 Å². The number of hydrazine groups is 1. The lowest BCUT2D eigenvalue weighted by Crippen LogP contribution is -2.54. The zero-order valence-electron chi connectivity index (χ0n) is 18.1. The van der Waals surface area contributed by atoms with Crippen LogP contribution in [0.1, 0.15) is 26.5 Å². The van der Waals surface area contributed by atoms with E-state index in [1.807, 2.05) is 31.2 Å². The summed E-state index contributed by atoms with van der Waals surface area (Å²) in [6.07, 6.45) is -4.23. The van der Waals surface area contributed by atoms with Crippen LogP contribution >= 0.6 is 11.3 Å². The van der Waals surface area contributed by atoms with E-state index in [0.717, 1.165) is 21.0 Å². The molecule has 168 valence electrons. The Hall–Kier alpha value is -2.72. The van der Waals surface area contributed by atoms with E-state index in [4.69, 9.17) is 4.74 Å². The fourth-order valence-corrected chi connectivity index (χ4v) is 4.12. The van der Waals surface area contributed by atoms with Gasteiger partial charge >= 0.3 is 6.09 Å². The van der Waals surface area contributed by atoms with E-state index in [1.54, 1.807) is 44.7 Å². The van der Waals surface area contributed by atoms with Gasteiger partial charge < -0.3 is 9.84 Å². The Kier molecular flexibility index (Phi) is 6.51. The van der Waals surface area contributed by atoms with E-state index in [-0.39, 0.29) is 6.54 Å². The van der Waals surface area contributed by atoms with Crippen LogP contribution < -0.4 is 10.4 Å². The molecule has 0 unspecified atom stereocenters. The summed E-state index contributed by atoms with van der Waals surface area (Å²) in [7, 11) is 1.61. The maximum absolute atomic E-state index is 14.6. The summed E-state index contributed by atoms with van der Waals surface area (Å²) >= 11 is 1.54. The quantitative estimate of drug-likeness (QED) is 0.696. The van der Waals surface area contributed by atoms with Crippen molar-refractivity contribution < 1.29 is 23.8 Å². The molecule has 0 spiro atoms. The Labute approximate surface area is 184 Å². The van der Waals surface area contributed by atoms with Crippen LogP contribution in [0.2, 0.25) is 0 Å². The van der Waals surface area contributed by atoms with Gasteiger partial charge in [0.15, 0.2) is 6.17 Å². The van der Waals surface area contributed by atoms with E-state index in [1.165, 1.54) is 5.01 Å². The molecule has 10 heteroatoms. The molecule has 3 atom stereocenters. The summed E-state index contributed by atoms with van der Waals surface area (Å²) in [5.74, 6) is -0.750. The summed E-state index contributed by atoms with van der Waals surface area (Å²) in [6, 6.07) is 5.95. The van der Waals surface area contributed by atoms with Crippen LogP contribution in [-0.2, 0) is 9.53 Å². The number of hydrogen-bond acceptors (Lipinski definition) is 7. The standard InChI is InChI=1S/C21H27FN4O4S/c1-12-18(31-11-23-12)13-6-8-14(9-7-13)25(5)24-19(28)17-16(22)15(27)10-26(17)20(29)30-21(2,3)4/h6-9,11,15-17,27H,10H2,1-5H3,(H,24,28)/t15-,16-,17-/m0/s1. The normalized spacial score (nSPS) is 21.1. The molecule has 1 saturated heterocycles. The third-order valence-corrected chi connectivity index (χ3v) is 5.80. The molecule has 2 amide bonds. The average molecular weight is 451 g/mol. The highest BCUT2D eigenvalue weighted by molar-refractivity contribution is 7.13. The number of halogens is 1. The highest BCUT2D eigenvalue weighted by Crippen LogP contribution is 2.29. The fraction of sp³-hybridized carbons (Fsp3) is 0.476. The first-order valence-electron chi connectivity index (χ1n) is 9.84. The topological polar surface area (TPSA) is 95.0 Å². The third-order valence-electron chi connectivity index (χ3n) is 4.83. The molecule has 0 saturated carbocycles. The van der Waals surface area contributed by atoms with Gasteiger partial charge in [-0.3, -0.25) is 20.1 Å². The minimum absolute atomic E-state index is 0.319. The molecule has 1 aromatic carbocycles. The molecule has 0 radical (unpaired) electrons. The maximum atomic E-state index is 14.6. The second-order valence-corrected chi connectivity index (χ2v) is 9.29. The summed E-state index contributed by atoms with van der Waals surface area (Å²) in [5.41, 5.74) is 6.16. The van der Waals surface area contributed by atoms with Crippen LogP contribution in [0, 0.1) is 6.92 Å². The van der Waals surface area contributed by atoms with E-state index in [2.05, 4.69) is 10.4 Å². The number of amides is 2. The van der Waals surface area contributed by atoms with Crippen molar-refractivity contribution in [1.82, 2.24) is 15.3 Å². The first-order valence-corrected chi connectivity index (χ1v) is 10.7. The number of hydrogen-bond donors (Lipinski definition) is 2. The van der Waals surface area contributed by atoms with Crippen molar-refractivity contribution in [2.24, 2.45) is 0 Å². The average Bonchev–Trinajstić information content (AvgIpc) is 3.24. The van der Waals surface area contributed by atoms with Gasteiger partial charge in [0.2, 0.25) is 0 Å². The number of aromatic nitrogens is 1. The smallest absolute Gasteiger partial charge is 0.411 e. The predicted octanol–water partition coefficient (Wildman–Crippen LogP) is 2.90. The Balaban J connectivity index is 1.71. The van der Waals surface area contributed by atoms with Gasteiger partial charge in [0.05, 0.1) is 28.3 Å². The van der Waals surface area contributed by atoms with Gasteiger partial charge in [-0.2, -0.15) is 0 Å². The molecule has 0 bridgehead atoms. The van der Waals surface area contributed by atoms with Crippen molar-refractivity contribution in [2.45, 2.75) is 51.6 Å². The zero-order valence-corrected chi connectivity index (χ0v) is 18.9. The number of aliphatic hydroxyl groups is 1. The molecular weight excluding hydrogens is 423 g/mol. The number of aliphatic hydroxyl groups excluding tert-OH is 1. The van der Waals surface area contributed by atoms with Crippen molar-refractivity contribution in [1.29, 1.82) is 0 Å². The Bertz CT molecular complexity index is 944. The summed E-state index contributed by atoms with van der Waals surface area (Å²) in [6.45, 7) is 6.63. The molecule has 1 fully saturated rings. The van der Waals surface area contributed by atoms with Crippen LogP contribution in [0.5, 0.6) is 0 Å². The van der Waals surface area contributed by atoms with Crippen molar-refractivity contribution in [2.75, 3.05) is 18.6 Å². The number of aryl methyl sites for hydroxylation is 1. The van der Waals surface area contributed by atoms with Crippen molar-refractivity contribution in [3.05, 3.63) is 35.5 Å². The number of carbonyl (C=O) groups is 2. The van der Waals surface area contributed by atoms with Crippen molar-refractivity contribution in [3.63, 3.8) is 0 Å². The van der Waals surface area contributed by atoms with Crippen LogP contribution in [0.4, 0.5) is 14.9 Å². The highest BCUT2D eigenvalue weighted by Gasteiger charge is 2.49. The number of nitrogens with zero attached hydrogens (tertiary/aromatic N) is 3. The van der Waals surface area contributed by atoms with Gasteiger partial charge in [-0.05, 0) is 45.4 Å². The lowest BCUT2D eigenvalue weighted by molar-refractivity contribution is -0.127. The number of nitrogens with one attached hydrogen (secondary N) is 1. The molecule has 1 aliphatic heterocycles. The molecular formula is C21H27FN4O4S. The molecule has 2 N–H and O–H groups in total. The lowest BCUT2D eigenvalue weighted by atomic mass is 10.1. The number of ether oxygens (including phenoxy) is 1. The molecule has 0 aliphatic carbocycles. The number of thiazole rings is 1. The lowest BCUT2D eigenvalue weighted by Gasteiger charge is -2.29. The second-order valence-electron chi connectivity index (χ2n) is 8.44. The molecule has 1 aliphatic rings. The van der Waals surface area contributed by atoms with E-state index < -0.39 is 35.9 Å². The highest BCUT2D eigenvalue weighted by atomic mass is 32.1. The number of carbonyl (C=O) groups excluding carboxylic acids is 2. The molecule has 3 rings (SSSR count). The molecule has 1 aromatic heterocycles. The maximum Gasteiger partial charge on any atom is 0.411 e. The van der Waals surface area contributed by atoms with Crippen LogP contribution in [0.15, 0.2) is 29.8 Å². The van der Waals surface area contributed by atoms with E-state index >= 15 is 0 Å². The number of anilines is 1. The second kappa shape index (κ2) is 8.80. The minimum Gasteiger partial charge on any atom is -0.444 e. The molecule has 8 nitrogen and oxygen atoms in total. The summed E-state index contributed by atoms with van der Waals surface area (Å²) in [5, 5.41) is 11.3. The number of likely N-dealkylation sites (tertiary alicyclic amines) is 1. The van der Waals surface area contributed by atoms with Crippen molar-refractivity contribution in [3.8, 4) is 10.4 Å². The van der Waals surface area contributed by atoms with Crippen LogP contribution in [-0.4, -0.2) is 64.5 Å². The van der Waals surface area contributed by atoms with Gasteiger partial charge in [0.25, 0.3) is 5.91 Å². The minimum atomic E-state index is -1.92. The number of β-amino-alcohol motifs (C(OH)–C–C–N with tert-alkyl or cyclic N) is 1. The van der Waals surface area contributed by atoms with Gasteiger partial charge in [-0.15, -0.1) is 11.3 Å². The summed E-state index contributed by atoms with van der Waals surface area (Å²) < 4.78 is 19.9. The van der Waals surface area contributed by atoms with Crippen LogP contribution in [0.3, 0.4) is 0 Å². The SMILES string of the molecule is Cc1ncsc1-c1ccc(N(C)NC(=O)[C@@H]2[C@@H](F)[C@@H](O)CN2C(=O)OC(C)(C)C)cc1. The van der Waals surface area contributed by atoms with Gasteiger partial charge in [-0.25, -0.2) is 14.2 Å².